The topological polar surface area (TPSA) is 84.6 Å². The number of ether oxygens (including phenoxy) is 1. The smallest absolute Gasteiger partial charge is 0.316 e. The molecular formula is C17H16ClF2N5O2. The molecule has 2 aliphatic rings. The lowest BCUT2D eigenvalue weighted by atomic mass is 10.0. The molecule has 7 nitrogen and oxygen atoms in total. The van der Waals surface area contributed by atoms with Crippen molar-refractivity contribution < 1.29 is 18.3 Å². The van der Waals surface area contributed by atoms with Crippen molar-refractivity contribution in [2.24, 2.45) is 0 Å². The van der Waals surface area contributed by atoms with Gasteiger partial charge in [0.15, 0.2) is 0 Å². The van der Waals surface area contributed by atoms with Gasteiger partial charge in [-0.2, -0.15) is 18.7 Å². The number of fused-ring (bicyclic) bond motifs is 7. The van der Waals surface area contributed by atoms with Crippen LogP contribution in [0.5, 0.6) is 0 Å². The lowest BCUT2D eigenvalue weighted by Crippen LogP contribution is -2.32. The number of carbonyl (C=O) groups is 1. The Morgan fingerprint density at radius 1 is 1.30 bits per heavy atom. The Hall–Kier alpha value is -2.52. The summed E-state index contributed by atoms with van der Waals surface area (Å²) in [6.45, 7) is 1.52. The van der Waals surface area contributed by atoms with Gasteiger partial charge >= 0.3 is 6.43 Å². The molecule has 1 atom stereocenters. The van der Waals surface area contributed by atoms with Crippen LogP contribution in [0, 0.1) is 0 Å². The molecule has 1 unspecified atom stereocenters. The molecule has 1 fully saturated rings. The van der Waals surface area contributed by atoms with E-state index in [1.807, 2.05) is 4.90 Å². The number of hydrogen-bond acceptors (Lipinski definition) is 6. The van der Waals surface area contributed by atoms with E-state index in [-0.39, 0.29) is 23.5 Å². The Morgan fingerprint density at radius 2 is 2.07 bits per heavy atom. The molecule has 0 aliphatic carbocycles. The maximum absolute atomic E-state index is 13.3. The molecule has 1 aromatic carbocycles. The molecule has 10 heteroatoms. The van der Waals surface area contributed by atoms with Crippen LogP contribution < -0.4 is 15.5 Å². The summed E-state index contributed by atoms with van der Waals surface area (Å²) in [5, 5.41) is 0.444. The first-order valence-corrected chi connectivity index (χ1v) is 8.74. The minimum Gasteiger partial charge on any atom is -0.379 e. The summed E-state index contributed by atoms with van der Waals surface area (Å²) in [6, 6.07) is 5.87. The Balaban J connectivity index is 1.99. The molecule has 142 valence electrons. The van der Waals surface area contributed by atoms with Crippen molar-refractivity contribution in [3.63, 3.8) is 0 Å². The summed E-state index contributed by atoms with van der Waals surface area (Å²) in [6.07, 6.45) is -2.47. The summed E-state index contributed by atoms with van der Waals surface area (Å²) in [4.78, 5) is 23.3. The van der Waals surface area contributed by atoms with Gasteiger partial charge in [-0.25, -0.2) is 0 Å². The Labute approximate surface area is 158 Å². The predicted molar refractivity (Wildman–Crippen MR) is 96.6 cm³/mol. The van der Waals surface area contributed by atoms with Gasteiger partial charge in [-0.15, -0.1) is 0 Å². The molecule has 0 spiro atoms. The molecule has 27 heavy (non-hydrogen) atoms. The summed E-state index contributed by atoms with van der Waals surface area (Å²) < 4.78 is 32.2. The monoisotopic (exact) mass is 395 g/mol. The Morgan fingerprint density at radius 3 is 2.85 bits per heavy atom. The zero-order valence-corrected chi connectivity index (χ0v) is 14.9. The van der Waals surface area contributed by atoms with E-state index >= 15 is 0 Å². The van der Waals surface area contributed by atoms with Crippen LogP contribution in [-0.2, 0) is 9.53 Å². The molecule has 3 heterocycles. The van der Waals surface area contributed by atoms with Crippen molar-refractivity contribution in [1.82, 2.24) is 9.97 Å². The van der Waals surface area contributed by atoms with Gasteiger partial charge in [-0.3, -0.25) is 9.69 Å². The third-order valence-corrected chi connectivity index (χ3v) is 4.93. The van der Waals surface area contributed by atoms with Gasteiger partial charge in [0.25, 0.3) is 5.91 Å². The number of nitrogens with zero attached hydrogens (tertiary/aromatic N) is 4. The fourth-order valence-corrected chi connectivity index (χ4v) is 3.65. The number of aromatic nitrogens is 2. The quantitative estimate of drug-likeness (QED) is 0.799. The molecule has 0 saturated carbocycles. The predicted octanol–water partition coefficient (Wildman–Crippen LogP) is 2.92. The molecule has 2 aromatic rings. The SMILES string of the molecule is Nc1nc2cc(n1)N1CCCOCC1c1cc(ccc1Cl)N2C(=O)C(F)F. The van der Waals surface area contributed by atoms with Gasteiger partial charge < -0.3 is 15.4 Å². The van der Waals surface area contributed by atoms with Crippen molar-refractivity contribution >= 4 is 40.8 Å². The van der Waals surface area contributed by atoms with Crippen molar-refractivity contribution in [2.45, 2.75) is 18.9 Å². The van der Waals surface area contributed by atoms with Crippen LogP contribution in [-0.4, -0.2) is 42.1 Å². The van der Waals surface area contributed by atoms with Crippen LogP contribution in [0.15, 0.2) is 24.3 Å². The van der Waals surface area contributed by atoms with E-state index < -0.39 is 12.3 Å². The molecule has 4 rings (SSSR count). The van der Waals surface area contributed by atoms with Crippen LogP contribution in [0.2, 0.25) is 5.02 Å². The number of nitrogens with two attached hydrogens (primary N) is 1. The number of anilines is 4. The fraction of sp³-hybridized carbons (Fsp3) is 0.353. The average Bonchev–Trinajstić information content (AvgIpc) is 2.87. The molecule has 2 N–H and O–H groups in total. The van der Waals surface area contributed by atoms with Gasteiger partial charge in [0.05, 0.1) is 18.3 Å². The van der Waals surface area contributed by atoms with Crippen molar-refractivity contribution in [2.75, 3.05) is 35.3 Å². The largest absolute Gasteiger partial charge is 0.379 e. The van der Waals surface area contributed by atoms with Gasteiger partial charge in [-0.1, -0.05) is 11.6 Å². The van der Waals surface area contributed by atoms with E-state index in [9.17, 15) is 13.6 Å². The number of alkyl halides is 2. The second-order valence-electron chi connectivity index (χ2n) is 6.26. The van der Waals surface area contributed by atoms with E-state index in [1.54, 1.807) is 12.1 Å². The van der Waals surface area contributed by atoms with E-state index in [0.29, 0.717) is 36.2 Å². The third kappa shape index (κ3) is 3.17. The second kappa shape index (κ2) is 6.90. The number of amides is 1. The molecule has 1 saturated heterocycles. The molecular weight excluding hydrogens is 380 g/mol. The van der Waals surface area contributed by atoms with Crippen LogP contribution in [0.3, 0.4) is 0 Å². The number of carbonyl (C=O) groups excluding carboxylic acids is 1. The minimum absolute atomic E-state index is 0.0121. The highest BCUT2D eigenvalue weighted by molar-refractivity contribution is 6.31. The summed E-state index contributed by atoms with van der Waals surface area (Å²) in [7, 11) is 0. The number of hydrogen-bond donors (Lipinski definition) is 1. The number of rotatable bonds is 1. The normalized spacial score (nSPS) is 19.0. The number of nitrogen functional groups attached to an aromatic ring is 1. The van der Waals surface area contributed by atoms with Gasteiger partial charge in [0, 0.05) is 24.2 Å². The van der Waals surface area contributed by atoms with Crippen LogP contribution >= 0.6 is 11.6 Å². The van der Waals surface area contributed by atoms with Crippen LogP contribution in [0.25, 0.3) is 0 Å². The van der Waals surface area contributed by atoms with Gasteiger partial charge in [-0.05, 0) is 30.2 Å². The Kier molecular flexibility index (Phi) is 4.56. The maximum atomic E-state index is 13.3. The summed E-state index contributed by atoms with van der Waals surface area (Å²) >= 11 is 6.40. The van der Waals surface area contributed by atoms with E-state index in [4.69, 9.17) is 22.1 Å². The number of halogens is 3. The maximum Gasteiger partial charge on any atom is 0.316 e. The van der Waals surface area contributed by atoms with E-state index in [2.05, 4.69) is 9.97 Å². The molecule has 2 aliphatic heterocycles. The van der Waals surface area contributed by atoms with Gasteiger partial charge in [0.1, 0.15) is 11.6 Å². The zero-order chi connectivity index (χ0) is 19.1. The first kappa shape index (κ1) is 17.9. The van der Waals surface area contributed by atoms with E-state index in [1.165, 1.54) is 12.1 Å². The lowest BCUT2D eigenvalue weighted by molar-refractivity contribution is -0.128. The van der Waals surface area contributed by atoms with Crippen LogP contribution in [0.1, 0.15) is 18.0 Å². The summed E-state index contributed by atoms with van der Waals surface area (Å²) in [5.74, 6) is -1.10. The molecule has 1 amide bonds. The number of benzene rings is 1. The molecule has 4 bridgehead atoms. The first-order chi connectivity index (χ1) is 13.0. The average molecular weight is 396 g/mol. The summed E-state index contributed by atoms with van der Waals surface area (Å²) in [5.41, 5.74) is 6.71. The first-order valence-electron chi connectivity index (χ1n) is 8.36. The van der Waals surface area contributed by atoms with Gasteiger partial charge in [0.2, 0.25) is 5.95 Å². The van der Waals surface area contributed by atoms with Crippen molar-refractivity contribution in [3.8, 4) is 0 Å². The van der Waals surface area contributed by atoms with E-state index in [0.717, 1.165) is 11.3 Å². The standard InChI is InChI=1S/C17H16ClF2N5O2/c18-11-3-2-9-6-10(11)12-8-27-5-1-4-24(12)13-7-14(23-17(21)22-13)25(9)16(26)15(19)20/h2-3,6-7,12,15H,1,4-5,8H2,(H2,21,22,23). The Bertz CT molecular complexity index is 898. The van der Waals surface area contributed by atoms with Crippen LogP contribution in [0.4, 0.5) is 32.1 Å². The lowest BCUT2D eigenvalue weighted by Gasteiger charge is -2.31. The van der Waals surface area contributed by atoms with Crippen molar-refractivity contribution in [1.29, 1.82) is 0 Å². The second-order valence-corrected chi connectivity index (χ2v) is 6.67. The highest BCUT2D eigenvalue weighted by atomic mass is 35.5. The fourth-order valence-electron chi connectivity index (χ4n) is 3.41. The molecule has 0 radical (unpaired) electrons. The molecule has 1 aromatic heterocycles. The third-order valence-electron chi connectivity index (χ3n) is 4.58. The zero-order valence-electron chi connectivity index (χ0n) is 14.1. The van der Waals surface area contributed by atoms with Crippen molar-refractivity contribution in [3.05, 3.63) is 34.9 Å². The minimum atomic E-state index is -3.21. The highest BCUT2D eigenvalue weighted by Crippen LogP contribution is 2.40. The highest BCUT2D eigenvalue weighted by Gasteiger charge is 2.33.